The van der Waals surface area contributed by atoms with Gasteiger partial charge in [0, 0.05) is 0 Å². The molecule has 0 aliphatic carbocycles. The molecule has 1 saturated heterocycles. The summed E-state index contributed by atoms with van der Waals surface area (Å²) in [7, 11) is 1.97. The van der Waals surface area contributed by atoms with Crippen molar-refractivity contribution in [2.75, 3.05) is 7.05 Å². The molecule has 0 amide bonds. The zero-order chi connectivity index (χ0) is 15.9. The normalized spacial score (nSPS) is 21.2. The van der Waals surface area contributed by atoms with Crippen LogP contribution < -0.4 is 5.32 Å². The third kappa shape index (κ3) is 11.0. The highest BCUT2D eigenvalue weighted by atomic mass is 16.6. The highest BCUT2D eigenvalue weighted by Gasteiger charge is 2.36. The lowest BCUT2D eigenvalue weighted by Gasteiger charge is -1.99. The highest BCUT2D eigenvalue weighted by molar-refractivity contribution is 4.92. The van der Waals surface area contributed by atoms with E-state index in [0.717, 1.165) is 6.42 Å². The smallest absolute Gasteiger partial charge is 0.135 e. The minimum Gasteiger partial charge on any atom is -0.353 e. The fraction of sp³-hybridized carbons (Fsp3) is 0.800. The molecule has 0 aromatic rings. The summed E-state index contributed by atoms with van der Waals surface area (Å²) in [5, 5.41) is 3.16. The molecular weight excluding hydrogens is 270 g/mol. The second-order valence-electron chi connectivity index (χ2n) is 6.40. The average molecular weight is 308 g/mol. The molecule has 1 N–H and O–H groups in total. The number of nitrogens with one attached hydrogen (secondary N) is 1. The number of hydrogen-bond donors (Lipinski definition) is 1. The van der Waals surface area contributed by atoms with Gasteiger partial charge < -0.3 is 4.74 Å². The molecule has 2 atom stereocenters. The van der Waals surface area contributed by atoms with Crippen molar-refractivity contribution in [2.45, 2.75) is 96.3 Å². The Morgan fingerprint density at radius 1 is 0.818 bits per heavy atom. The maximum absolute atomic E-state index is 5.46. The van der Waals surface area contributed by atoms with Gasteiger partial charge in [-0.2, -0.15) is 0 Å². The van der Waals surface area contributed by atoms with Crippen molar-refractivity contribution in [1.29, 1.82) is 0 Å². The summed E-state index contributed by atoms with van der Waals surface area (Å²) in [6.07, 6.45) is 25.8. The van der Waals surface area contributed by atoms with Crippen LogP contribution in [-0.2, 0) is 4.74 Å². The molecule has 2 unspecified atom stereocenters. The van der Waals surface area contributed by atoms with Crippen LogP contribution in [0.5, 0.6) is 0 Å². The summed E-state index contributed by atoms with van der Waals surface area (Å²) in [5.41, 5.74) is 0. The molecule has 128 valence electrons. The fourth-order valence-corrected chi connectivity index (χ4v) is 2.77. The summed E-state index contributed by atoms with van der Waals surface area (Å²) in [6.45, 7) is 2.26. The molecule has 1 fully saturated rings. The maximum atomic E-state index is 5.46. The van der Waals surface area contributed by atoms with Crippen molar-refractivity contribution in [3.05, 3.63) is 24.3 Å². The third-order valence-electron chi connectivity index (χ3n) is 4.31. The Balaban J connectivity index is 1.74. The minimum atomic E-state index is 0.353. The standard InChI is InChI=1S/C20H37NO/c1-3-4-5-6-7-8-9-10-11-12-13-14-15-16-17-18-19-20(21-2)22-19/h7-8,10-11,19-21H,3-6,9,12-18H2,1-2H3/b8-7-,11-10-. The van der Waals surface area contributed by atoms with E-state index < -0.39 is 0 Å². The molecule has 1 heterocycles. The molecule has 2 heteroatoms. The van der Waals surface area contributed by atoms with Crippen LogP contribution in [0.1, 0.15) is 84.0 Å². The zero-order valence-corrected chi connectivity index (χ0v) is 14.9. The molecular formula is C20H37NO. The first-order chi connectivity index (χ1) is 10.9. The van der Waals surface area contributed by atoms with E-state index in [1.165, 1.54) is 70.6 Å². The van der Waals surface area contributed by atoms with Crippen LogP contribution in [0.2, 0.25) is 0 Å². The molecule has 1 aliphatic heterocycles. The number of unbranched alkanes of at least 4 members (excludes halogenated alkanes) is 8. The summed E-state index contributed by atoms with van der Waals surface area (Å²) in [5.74, 6) is 0. The minimum absolute atomic E-state index is 0.353. The Morgan fingerprint density at radius 2 is 1.45 bits per heavy atom. The van der Waals surface area contributed by atoms with Crippen molar-refractivity contribution in [3.63, 3.8) is 0 Å². The molecule has 0 aromatic heterocycles. The van der Waals surface area contributed by atoms with E-state index in [2.05, 4.69) is 36.5 Å². The molecule has 0 bridgehead atoms. The van der Waals surface area contributed by atoms with Crippen molar-refractivity contribution in [3.8, 4) is 0 Å². The molecule has 1 rings (SSSR count). The SMILES string of the molecule is CCCCC/C=C\C/C=C\CCCCCCCC1OC1NC. The highest BCUT2D eigenvalue weighted by Crippen LogP contribution is 2.24. The van der Waals surface area contributed by atoms with Crippen molar-refractivity contribution in [1.82, 2.24) is 5.32 Å². The first-order valence-electron chi connectivity index (χ1n) is 9.51. The predicted octanol–water partition coefficient (Wildman–Crippen LogP) is 5.74. The zero-order valence-electron chi connectivity index (χ0n) is 14.9. The van der Waals surface area contributed by atoms with Gasteiger partial charge in [-0.3, -0.25) is 5.32 Å². The first kappa shape index (κ1) is 19.4. The van der Waals surface area contributed by atoms with Crippen LogP contribution in [0, 0.1) is 0 Å². The van der Waals surface area contributed by atoms with Crippen molar-refractivity contribution in [2.24, 2.45) is 0 Å². The molecule has 1 aliphatic rings. The summed E-state index contributed by atoms with van der Waals surface area (Å²) < 4.78 is 5.46. The predicted molar refractivity (Wildman–Crippen MR) is 97.1 cm³/mol. The topological polar surface area (TPSA) is 24.6 Å². The molecule has 22 heavy (non-hydrogen) atoms. The Bertz CT molecular complexity index is 298. The lowest BCUT2D eigenvalue weighted by Crippen LogP contribution is -2.12. The quantitative estimate of drug-likeness (QED) is 0.237. The molecule has 0 radical (unpaired) electrons. The van der Waals surface area contributed by atoms with Gasteiger partial charge >= 0.3 is 0 Å². The van der Waals surface area contributed by atoms with E-state index in [4.69, 9.17) is 4.74 Å². The third-order valence-corrected chi connectivity index (χ3v) is 4.31. The lowest BCUT2D eigenvalue weighted by molar-refractivity contribution is 0.344. The molecule has 2 nitrogen and oxygen atoms in total. The number of likely N-dealkylation sites (N-methyl/N-ethyl adjacent to an activating group) is 1. The van der Waals surface area contributed by atoms with Crippen LogP contribution in [0.15, 0.2) is 24.3 Å². The Morgan fingerprint density at radius 3 is 2.09 bits per heavy atom. The summed E-state index contributed by atoms with van der Waals surface area (Å²) >= 11 is 0. The number of epoxide rings is 1. The van der Waals surface area contributed by atoms with Gasteiger partial charge in [-0.15, -0.1) is 0 Å². The van der Waals surface area contributed by atoms with E-state index in [9.17, 15) is 0 Å². The molecule has 0 saturated carbocycles. The fourth-order valence-electron chi connectivity index (χ4n) is 2.77. The first-order valence-corrected chi connectivity index (χ1v) is 9.51. The van der Waals surface area contributed by atoms with Crippen LogP contribution in [-0.4, -0.2) is 19.4 Å². The van der Waals surface area contributed by atoms with Crippen molar-refractivity contribution < 1.29 is 4.74 Å². The van der Waals surface area contributed by atoms with Gasteiger partial charge in [-0.1, -0.05) is 69.8 Å². The molecule has 0 aromatic carbocycles. The second kappa shape index (κ2) is 14.0. The van der Waals surface area contributed by atoms with E-state index in [1.807, 2.05) is 7.05 Å². The summed E-state index contributed by atoms with van der Waals surface area (Å²) in [4.78, 5) is 0. The lowest BCUT2D eigenvalue weighted by atomic mass is 10.1. The second-order valence-corrected chi connectivity index (χ2v) is 6.40. The van der Waals surface area contributed by atoms with Crippen LogP contribution in [0.3, 0.4) is 0 Å². The van der Waals surface area contributed by atoms with Gasteiger partial charge in [0.25, 0.3) is 0 Å². The summed E-state index contributed by atoms with van der Waals surface area (Å²) in [6, 6.07) is 0. The Hall–Kier alpha value is -0.600. The monoisotopic (exact) mass is 307 g/mol. The van der Waals surface area contributed by atoms with Crippen LogP contribution in [0.25, 0.3) is 0 Å². The number of rotatable bonds is 15. The van der Waals surface area contributed by atoms with E-state index >= 15 is 0 Å². The van der Waals surface area contributed by atoms with Gasteiger partial charge in [0.05, 0.1) is 6.10 Å². The molecule has 0 spiro atoms. The number of allylic oxidation sites excluding steroid dienone is 4. The van der Waals surface area contributed by atoms with E-state index in [0.29, 0.717) is 12.3 Å². The Labute approximate surface area is 138 Å². The van der Waals surface area contributed by atoms with Gasteiger partial charge in [0.2, 0.25) is 0 Å². The maximum Gasteiger partial charge on any atom is 0.135 e. The largest absolute Gasteiger partial charge is 0.353 e. The van der Waals surface area contributed by atoms with Gasteiger partial charge in [0.1, 0.15) is 6.23 Å². The van der Waals surface area contributed by atoms with E-state index in [1.54, 1.807) is 0 Å². The van der Waals surface area contributed by atoms with Crippen molar-refractivity contribution >= 4 is 0 Å². The average Bonchev–Trinajstić information content (AvgIpc) is 3.30. The van der Waals surface area contributed by atoms with Crippen LogP contribution in [0.4, 0.5) is 0 Å². The van der Waals surface area contributed by atoms with Crippen LogP contribution >= 0.6 is 0 Å². The van der Waals surface area contributed by atoms with Gasteiger partial charge in [0.15, 0.2) is 0 Å². The number of hydrogen-bond acceptors (Lipinski definition) is 2. The Kier molecular flexibility index (Phi) is 12.4. The van der Waals surface area contributed by atoms with Gasteiger partial charge in [-0.25, -0.2) is 0 Å². The van der Waals surface area contributed by atoms with Gasteiger partial charge in [-0.05, 0) is 45.6 Å². The van der Waals surface area contributed by atoms with E-state index in [-0.39, 0.29) is 0 Å². The number of ether oxygens (including phenoxy) is 1.